The van der Waals surface area contributed by atoms with Crippen LogP contribution in [0, 0.1) is 13.8 Å². The first-order chi connectivity index (χ1) is 14.1. The third-order valence-corrected chi connectivity index (χ3v) is 4.85. The van der Waals surface area contributed by atoms with Gasteiger partial charge < -0.3 is 0 Å². The molecule has 0 amide bonds. The lowest BCUT2D eigenvalue weighted by molar-refractivity contribution is 0.779. The smallest absolute Gasteiger partial charge is 0.181 e. The Balaban J connectivity index is 1.71. The number of benzene rings is 2. The molecule has 0 bridgehead atoms. The topological polar surface area (TPSA) is 72.2 Å². The first-order valence-corrected chi connectivity index (χ1v) is 9.38. The molecule has 0 fully saturated rings. The first kappa shape index (κ1) is 17.2. The Morgan fingerprint density at radius 1 is 0.793 bits per heavy atom. The van der Waals surface area contributed by atoms with Gasteiger partial charge >= 0.3 is 0 Å². The van der Waals surface area contributed by atoms with Crippen LogP contribution in [0.2, 0.25) is 0 Å². The Bertz CT molecular complexity index is 1310. The second kappa shape index (κ2) is 6.63. The van der Waals surface area contributed by atoms with Gasteiger partial charge in [-0.15, -0.1) is 0 Å². The van der Waals surface area contributed by atoms with Gasteiger partial charge in [0.05, 0.1) is 5.69 Å². The van der Waals surface area contributed by atoms with E-state index in [0.29, 0.717) is 11.7 Å². The molecule has 1 aliphatic rings. The van der Waals surface area contributed by atoms with Crippen LogP contribution in [0.15, 0.2) is 75.6 Å². The van der Waals surface area contributed by atoms with Crippen LogP contribution in [0.5, 0.6) is 0 Å². The predicted octanol–water partition coefficient (Wildman–Crippen LogP) is 3.66. The molecule has 7 nitrogen and oxygen atoms in total. The molecule has 2 aromatic carbocycles. The molecule has 0 radical (unpaired) electrons. The third-order valence-electron chi connectivity index (χ3n) is 4.85. The second-order valence-electron chi connectivity index (χ2n) is 6.90. The van der Waals surface area contributed by atoms with Crippen molar-refractivity contribution in [2.75, 3.05) is 0 Å². The molecule has 5 rings (SSSR count). The van der Waals surface area contributed by atoms with Gasteiger partial charge in [0, 0.05) is 18.2 Å². The van der Waals surface area contributed by atoms with Gasteiger partial charge in [0.2, 0.25) is 0 Å². The van der Waals surface area contributed by atoms with Gasteiger partial charge in [-0.1, -0.05) is 60.7 Å². The molecule has 0 unspecified atom stereocenters. The molecule has 0 saturated heterocycles. The zero-order valence-corrected chi connectivity index (χ0v) is 16.4. The Labute approximate surface area is 167 Å². The van der Waals surface area contributed by atoms with E-state index in [0.717, 1.165) is 39.7 Å². The lowest BCUT2D eigenvalue weighted by Gasteiger charge is -2.01. The zero-order valence-electron chi connectivity index (χ0n) is 16.4. The largest absolute Gasteiger partial charge is 0.247 e. The monoisotopic (exact) mass is 381 g/mol. The Kier molecular flexibility index (Phi) is 3.94. The molecule has 2 aromatic heterocycles. The van der Waals surface area contributed by atoms with E-state index in [9.17, 15) is 0 Å². The van der Waals surface area contributed by atoms with Crippen LogP contribution in [-0.2, 0) is 7.05 Å². The van der Waals surface area contributed by atoms with E-state index in [4.69, 9.17) is 15.0 Å². The minimum Gasteiger partial charge on any atom is -0.247 e. The summed E-state index contributed by atoms with van der Waals surface area (Å²) in [7, 11) is 1.90. The quantitative estimate of drug-likeness (QED) is 0.543. The van der Waals surface area contributed by atoms with Crippen molar-refractivity contribution in [2.24, 2.45) is 22.0 Å². The highest BCUT2D eigenvalue weighted by molar-refractivity contribution is 6.54. The fourth-order valence-corrected chi connectivity index (χ4v) is 3.48. The molecular formula is C22H19N7. The van der Waals surface area contributed by atoms with Crippen LogP contribution in [0.4, 0.5) is 5.69 Å². The molecule has 1 aliphatic heterocycles. The number of amidine groups is 2. The number of aliphatic imine (C=N–C) groups is 3. The molecule has 7 heteroatoms. The number of rotatable bonds is 3. The standard InChI is InChI=1S/C22H19N7/c1-14-18(22-28(3)27-15(2)29(22)26-14)23-21-19(16-10-6-4-7-11-16)24-20(25-21)17-12-8-5-9-13-17/h4-13H,1-3H3. The van der Waals surface area contributed by atoms with E-state index in [-0.39, 0.29) is 0 Å². The van der Waals surface area contributed by atoms with Crippen molar-refractivity contribution < 1.29 is 0 Å². The van der Waals surface area contributed by atoms with Crippen LogP contribution in [-0.4, -0.2) is 36.8 Å². The Morgan fingerprint density at radius 3 is 2.14 bits per heavy atom. The van der Waals surface area contributed by atoms with E-state index < -0.39 is 0 Å². The van der Waals surface area contributed by atoms with Crippen LogP contribution < -0.4 is 0 Å². The predicted molar refractivity (Wildman–Crippen MR) is 114 cm³/mol. The number of hydrogen-bond donors (Lipinski definition) is 0. The summed E-state index contributed by atoms with van der Waals surface area (Å²) in [5.74, 6) is 2.05. The molecule has 0 saturated carbocycles. The number of nitrogens with zero attached hydrogens (tertiary/aromatic N) is 7. The van der Waals surface area contributed by atoms with Crippen molar-refractivity contribution in [3.05, 3.63) is 83.3 Å². The Morgan fingerprint density at radius 2 is 1.45 bits per heavy atom. The summed E-state index contributed by atoms with van der Waals surface area (Å²) in [6, 6.07) is 19.9. The van der Waals surface area contributed by atoms with Gasteiger partial charge in [0.25, 0.3) is 0 Å². The lowest BCUT2D eigenvalue weighted by atomic mass is 10.1. The molecule has 4 aromatic rings. The summed E-state index contributed by atoms with van der Waals surface area (Å²) in [5.41, 5.74) is 5.10. The highest BCUT2D eigenvalue weighted by atomic mass is 15.4. The number of hydrogen-bond acceptors (Lipinski definition) is 4. The average Bonchev–Trinajstić information content (AvgIpc) is 3.39. The van der Waals surface area contributed by atoms with Crippen molar-refractivity contribution in [3.63, 3.8) is 0 Å². The van der Waals surface area contributed by atoms with E-state index >= 15 is 0 Å². The molecule has 29 heavy (non-hydrogen) atoms. The highest BCUT2D eigenvalue weighted by Gasteiger charge is 2.23. The van der Waals surface area contributed by atoms with Crippen LogP contribution in [0.3, 0.4) is 0 Å². The van der Waals surface area contributed by atoms with Gasteiger partial charge in [-0.05, 0) is 13.8 Å². The van der Waals surface area contributed by atoms with E-state index in [1.54, 1.807) is 4.68 Å². The molecule has 3 heterocycles. The Hall–Kier alpha value is -3.87. The summed E-state index contributed by atoms with van der Waals surface area (Å²) in [6.07, 6.45) is 0. The summed E-state index contributed by atoms with van der Waals surface area (Å²) in [4.78, 5) is 14.5. The number of aryl methyl sites for hydroxylation is 3. The van der Waals surface area contributed by atoms with Gasteiger partial charge in [-0.3, -0.25) is 0 Å². The molecule has 142 valence electrons. The maximum Gasteiger partial charge on any atom is 0.181 e. The number of aromatic nitrogens is 4. The van der Waals surface area contributed by atoms with Gasteiger partial charge in [0.1, 0.15) is 17.2 Å². The molecule has 0 N–H and O–H groups in total. The summed E-state index contributed by atoms with van der Waals surface area (Å²) in [5, 5.41) is 9.04. The maximum atomic E-state index is 4.91. The fraction of sp³-hybridized carbons (Fsp3) is 0.136. The van der Waals surface area contributed by atoms with Gasteiger partial charge in [-0.2, -0.15) is 14.7 Å². The van der Waals surface area contributed by atoms with Gasteiger partial charge in [0.15, 0.2) is 17.3 Å². The van der Waals surface area contributed by atoms with Gasteiger partial charge in [-0.25, -0.2) is 19.7 Å². The first-order valence-electron chi connectivity index (χ1n) is 9.38. The summed E-state index contributed by atoms with van der Waals surface area (Å²) < 4.78 is 3.61. The minimum absolute atomic E-state index is 0.576. The lowest BCUT2D eigenvalue weighted by Crippen LogP contribution is -2.09. The van der Waals surface area contributed by atoms with Crippen LogP contribution in [0.1, 0.15) is 22.6 Å². The average molecular weight is 381 g/mol. The summed E-state index contributed by atoms with van der Waals surface area (Å²) in [6.45, 7) is 3.87. The minimum atomic E-state index is 0.576. The van der Waals surface area contributed by atoms with Crippen molar-refractivity contribution >= 4 is 28.7 Å². The second-order valence-corrected chi connectivity index (χ2v) is 6.90. The molecule has 0 spiro atoms. The normalized spacial score (nSPS) is 15.2. The SMILES string of the molecule is Cc1nn2c(C)nn(C)c2c1N=C1N=C(c2ccccc2)N=C1c1ccccc1. The van der Waals surface area contributed by atoms with Crippen molar-refractivity contribution in [2.45, 2.75) is 13.8 Å². The van der Waals surface area contributed by atoms with Crippen LogP contribution >= 0.6 is 0 Å². The van der Waals surface area contributed by atoms with Crippen molar-refractivity contribution in [1.29, 1.82) is 0 Å². The van der Waals surface area contributed by atoms with Crippen molar-refractivity contribution in [3.8, 4) is 0 Å². The fourth-order valence-electron chi connectivity index (χ4n) is 3.48. The summed E-state index contributed by atoms with van der Waals surface area (Å²) >= 11 is 0. The van der Waals surface area contributed by atoms with Crippen molar-refractivity contribution in [1.82, 2.24) is 19.4 Å². The third kappa shape index (κ3) is 2.87. The zero-order chi connectivity index (χ0) is 20.0. The van der Waals surface area contributed by atoms with E-state index in [1.165, 1.54) is 0 Å². The molecular weight excluding hydrogens is 362 g/mol. The highest BCUT2D eigenvalue weighted by Crippen LogP contribution is 2.27. The van der Waals surface area contributed by atoms with E-state index in [1.807, 2.05) is 86.1 Å². The van der Waals surface area contributed by atoms with E-state index in [2.05, 4.69) is 10.2 Å². The maximum absolute atomic E-state index is 4.91. The number of fused-ring (bicyclic) bond motifs is 1. The molecule has 0 aliphatic carbocycles. The van der Waals surface area contributed by atoms with Crippen LogP contribution in [0.25, 0.3) is 5.65 Å². The molecule has 0 atom stereocenters.